The summed E-state index contributed by atoms with van der Waals surface area (Å²) in [5, 5.41) is 57.9. The van der Waals surface area contributed by atoms with Crippen molar-refractivity contribution in [1.29, 1.82) is 0 Å². The summed E-state index contributed by atoms with van der Waals surface area (Å²) in [5.74, 6) is -0.537. The molecule has 1 rings (SSSR count). The van der Waals surface area contributed by atoms with E-state index in [2.05, 4.69) is 4.74 Å². The number of esters is 1. The quantitative estimate of drug-likeness (QED) is 0.188. The normalized spacial score (nSPS) is 36.5. The maximum atomic E-state index is 12.3. The zero-order valence-electron chi connectivity index (χ0n) is 13.8. The molecular weight excluding hydrogens is 363 g/mol. The van der Waals surface area contributed by atoms with Crippen molar-refractivity contribution < 1.29 is 53.8 Å². The highest BCUT2D eigenvalue weighted by atomic mass is 31.2. The van der Waals surface area contributed by atoms with Crippen molar-refractivity contribution in [3.05, 3.63) is 0 Å². The Morgan fingerprint density at radius 1 is 1.00 bits per heavy atom. The highest BCUT2D eigenvalue weighted by molar-refractivity contribution is 7.53. The van der Waals surface area contributed by atoms with Gasteiger partial charge in [-0.2, -0.15) is 0 Å². The fourth-order valence-electron chi connectivity index (χ4n) is 2.13. The number of hydrogen-bond acceptors (Lipinski definition) is 11. The monoisotopic (exact) mass is 388 g/mol. The second-order valence-corrected chi connectivity index (χ2v) is 7.79. The third-order valence-electron chi connectivity index (χ3n) is 3.61. The summed E-state index contributed by atoms with van der Waals surface area (Å²) in [6.07, 6.45) is -12.0. The Morgan fingerprint density at radius 3 is 1.96 bits per heavy atom. The van der Waals surface area contributed by atoms with Gasteiger partial charge in [0, 0.05) is 13.1 Å². The molecule has 0 heterocycles. The average molecular weight is 388 g/mol. The van der Waals surface area contributed by atoms with E-state index in [0.717, 1.165) is 6.66 Å². The first-order chi connectivity index (χ1) is 11.5. The van der Waals surface area contributed by atoms with E-state index in [1.54, 1.807) is 6.92 Å². The fraction of sp³-hybridized carbons (Fsp3) is 0.923. The lowest BCUT2D eigenvalue weighted by molar-refractivity contribution is -0.218. The van der Waals surface area contributed by atoms with Crippen molar-refractivity contribution in [2.75, 3.05) is 19.9 Å². The minimum Gasteiger partial charge on any atom is -0.463 e. The van der Waals surface area contributed by atoms with Gasteiger partial charge in [-0.05, 0) is 0 Å². The van der Waals surface area contributed by atoms with Gasteiger partial charge in [-0.15, -0.1) is 0 Å². The molecular formula is C13H25O11P. The molecule has 1 fully saturated rings. The van der Waals surface area contributed by atoms with Gasteiger partial charge in [0.05, 0.1) is 6.61 Å². The summed E-state index contributed by atoms with van der Waals surface area (Å²) in [7, 11) is -3.94. The van der Waals surface area contributed by atoms with E-state index in [-0.39, 0.29) is 13.0 Å². The molecule has 0 aromatic heterocycles. The van der Waals surface area contributed by atoms with Crippen molar-refractivity contribution >= 4 is 13.6 Å². The SMILES string of the molecule is CCC(=O)OCC(O)COP(C)(=O)OC1C(O)C(O)C(O)C(O)C1O. The molecule has 6 atom stereocenters. The van der Waals surface area contributed by atoms with E-state index in [0.29, 0.717) is 0 Å². The van der Waals surface area contributed by atoms with Crippen LogP contribution in [0, 0.1) is 0 Å². The molecule has 0 saturated heterocycles. The van der Waals surface area contributed by atoms with Gasteiger partial charge in [0.2, 0.25) is 0 Å². The number of ether oxygens (including phenoxy) is 1. The van der Waals surface area contributed by atoms with Crippen LogP contribution in [0.1, 0.15) is 13.3 Å². The fourth-order valence-corrected chi connectivity index (χ4v) is 3.33. The minimum absolute atomic E-state index is 0.122. The Balaban J connectivity index is 2.58. The second kappa shape index (κ2) is 9.36. The molecule has 0 aromatic rings. The third-order valence-corrected chi connectivity index (χ3v) is 4.86. The van der Waals surface area contributed by atoms with Gasteiger partial charge in [0.15, 0.2) is 0 Å². The Labute approximate surface area is 144 Å². The lowest BCUT2D eigenvalue weighted by atomic mass is 9.85. The maximum Gasteiger partial charge on any atom is 0.328 e. The van der Waals surface area contributed by atoms with Gasteiger partial charge in [-0.1, -0.05) is 6.92 Å². The van der Waals surface area contributed by atoms with Crippen molar-refractivity contribution in [3.8, 4) is 0 Å². The van der Waals surface area contributed by atoms with Gasteiger partial charge in [0.25, 0.3) is 0 Å². The molecule has 0 aliphatic heterocycles. The Hall–Kier alpha value is -0.620. The van der Waals surface area contributed by atoms with Crippen molar-refractivity contribution in [1.82, 2.24) is 0 Å². The molecule has 11 nitrogen and oxygen atoms in total. The maximum absolute atomic E-state index is 12.3. The number of hydrogen-bond donors (Lipinski definition) is 6. The van der Waals surface area contributed by atoms with Gasteiger partial charge >= 0.3 is 13.6 Å². The Kier molecular flexibility index (Phi) is 8.39. The van der Waals surface area contributed by atoms with Gasteiger partial charge in [-0.3, -0.25) is 13.9 Å². The van der Waals surface area contributed by atoms with Crippen LogP contribution in [0.15, 0.2) is 0 Å². The standard InChI is InChI=1S/C13H25O11P/c1-3-7(15)22-4-6(14)5-23-25(2,21)24-13-11(19)9(17)8(16)10(18)12(13)20/h6,8-14,16-20H,3-5H2,1-2H3. The molecule has 0 amide bonds. The summed E-state index contributed by atoms with van der Waals surface area (Å²) in [6, 6.07) is 0. The molecule has 6 unspecified atom stereocenters. The van der Waals surface area contributed by atoms with Crippen molar-refractivity contribution in [2.45, 2.75) is 56.1 Å². The van der Waals surface area contributed by atoms with Crippen LogP contribution >= 0.6 is 7.60 Å². The van der Waals surface area contributed by atoms with E-state index < -0.39 is 62.9 Å². The first-order valence-corrected chi connectivity index (χ1v) is 9.63. The largest absolute Gasteiger partial charge is 0.463 e. The third kappa shape index (κ3) is 6.24. The van der Waals surface area contributed by atoms with E-state index in [9.17, 15) is 40.0 Å². The van der Waals surface area contributed by atoms with Crippen molar-refractivity contribution in [3.63, 3.8) is 0 Å². The average Bonchev–Trinajstić information content (AvgIpc) is 2.58. The predicted octanol–water partition coefficient (Wildman–Crippen LogP) is -2.66. The Bertz CT molecular complexity index is 471. The molecule has 1 aliphatic carbocycles. The molecule has 25 heavy (non-hydrogen) atoms. The number of rotatable bonds is 8. The molecule has 0 bridgehead atoms. The van der Waals surface area contributed by atoms with Crippen molar-refractivity contribution in [2.24, 2.45) is 0 Å². The van der Waals surface area contributed by atoms with Gasteiger partial charge in [-0.25, -0.2) is 0 Å². The van der Waals surface area contributed by atoms with Crippen LogP contribution in [0.2, 0.25) is 0 Å². The minimum atomic E-state index is -3.94. The van der Waals surface area contributed by atoms with Crippen LogP contribution < -0.4 is 0 Å². The lowest BCUT2D eigenvalue weighted by Gasteiger charge is -2.42. The number of aliphatic hydroxyl groups is 6. The van der Waals surface area contributed by atoms with E-state index >= 15 is 0 Å². The molecule has 0 spiro atoms. The lowest BCUT2D eigenvalue weighted by Crippen LogP contribution is -2.64. The predicted molar refractivity (Wildman–Crippen MR) is 81.6 cm³/mol. The topological polar surface area (TPSA) is 183 Å². The van der Waals surface area contributed by atoms with Crippen LogP contribution in [0.3, 0.4) is 0 Å². The summed E-state index contributed by atoms with van der Waals surface area (Å²) in [5.41, 5.74) is 0. The molecule has 1 saturated carbocycles. The molecule has 1 aliphatic rings. The first kappa shape index (κ1) is 22.4. The van der Waals surface area contributed by atoms with E-state index in [1.165, 1.54) is 0 Å². The number of carbonyl (C=O) groups excluding carboxylic acids is 1. The van der Waals surface area contributed by atoms with Gasteiger partial charge < -0.3 is 39.9 Å². The molecule has 12 heteroatoms. The number of carbonyl (C=O) groups is 1. The van der Waals surface area contributed by atoms with Gasteiger partial charge in [0.1, 0.15) is 49.3 Å². The Morgan fingerprint density at radius 2 is 1.48 bits per heavy atom. The van der Waals surface area contributed by atoms with Crippen LogP contribution in [0.4, 0.5) is 0 Å². The summed E-state index contributed by atoms with van der Waals surface area (Å²) in [4.78, 5) is 11.0. The zero-order chi connectivity index (χ0) is 19.4. The van der Waals surface area contributed by atoms with Crippen LogP contribution in [0.5, 0.6) is 0 Å². The van der Waals surface area contributed by atoms with E-state index in [1.807, 2.05) is 0 Å². The molecule has 0 aromatic carbocycles. The summed E-state index contributed by atoms with van der Waals surface area (Å²) in [6.45, 7) is 1.64. The highest BCUT2D eigenvalue weighted by Gasteiger charge is 2.50. The van der Waals surface area contributed by atoms with Crippen LogP contribution in [-0.4, -0.2) is 99.2 Å². The molecule has 148 valence electrons. The molecule has 0 radical (unpaired) electrons. The molecule has 6 N–H and O–H groups in total. The van der Waals surface area contributed by atoms with Crippen LogP contribution in [-0.2, 0) is 23.1 Å². The van der Waals surface area contributed by atoms with Crippen LogP contribution in [0.25, 0.3) is 0 Å². The first-order valence-electron chi connectivity index (χ1n) is 7.64. The highest BCUT2D eigenvalue weighted by Crippen LogP contribution is 2.47. The second-order valence-electron chi connectivity index (χ2n) is 5.78. The number of aliphatic hydroxyl groups excluding tert-OH is 6. The summed E-state index contributed by atoms with van der Waals surface area (Å²) < 4.78 is 26.8. The smallest absolute Gasteiger partial charge is 0.328 e. The van der Waals surface area contributed by atoms with E-state index in [4.69, 9.17) is 9.05 Å². The zero-order valence-corrected chi connectivity index (χ0v) is 14.7. The summed E-state index contributed by atoms with van der Waals surface area (Å²) >= 11 is 0.